The molecule has 2 rings (SSSR count). The number of imidazole rings is 1. The Kier molecular flexibility index (Phi) is 7.08. The van der Waals surface area contributed by atoms with Crippen LogP contribution < -0.4 is 5.32 Å². The normalized spacial score (nSPS) is 11.0. The first-order valence-electron chi connectivity index (χ1n) is 8.39. The Balaban J connectivity index is 2.13. The molecule has 1 aromatic heterocycles. The summed E-state index contributed by atoms with van der Waals surface area (Å²) in [5, 5.41) is 2.85. The molecule has 0 aliphatic rings. The van der Waals surface area contributed by atoms with Gasteiger partial charge in [-0.15, -0.1) is 0 Å². The van der Waals surface area contributed by atoms with E-state index in [2.05, 4.69) is 10.3 Å². The molecule has 1 N–H and O–H groups in total. The van der Waals surface area contributed by atoms with Crippen LogP contribution >= 0.6 is 0 Å². The van der Waals surface area contributed by atoms with Crippen molar-refractivity contribution in [1.82, 2.24) is 19.8 Å². The molecule has 1 heterocycles. The lowest BCUT2D eigenvalue weighted by Gasteiger charge is -2.24. The highest BCUT2D eigenvalue weighted by Crippen LogP contribution is 2.12. The zero-order chi connectivity index (χ0) is 19.1. The Morgan fingerprint density at radius 2 is 2.12 bits per heavy atom. The third-order valence-corrected chi connectivity index (χ3v) is 3.74. The van der Waals surface area contributed by atoms with E-state index < -0.39 is 11.6 Å². The Bertz CT molecular complexity index is 734. The van der Waals surface area contributed by atoms with E-state index in [1.54, 1.807) is 29.0 Å². The summed E-state index contributed by atoms with van der Waals surface area (Å²) in [6, 6.07) is 3.58. The number of benzene rings is 1. The summed E-state index contributed by atoms with van der Waals surface area (Å²) in [5.41, 5.74) is 0.609. The average Bonchev–Trinajstić information content (AvgIpc) is 3.01. The molecule has 8 heteroatoms. The summed E-state index contributed by atoms with van der Waals surface area (Å²) in [7, 11) is 1.57. The lowest BCUT2D eigenvalue weighted by molar-refractivity contribution is 0.143. The fourth-order valence-corrected chi connectivity index (χ4v) is 2.43. The Morgan fingerprint density at radius 1 is 1.35 bits per heavy atom. The number of amides is 2. The predicted molar refractivity (Wildman–Crippen MR) is 93.6 cm³/mol. The van der Waals surface area contributed by atoms with Gasteiger partial charge in [0.1, 0.15) is 5.82 Å². The van der Waals surface area contributed by atoms with Gasteiger partial charge >= 0.3 is 6.03 Å². The van der Waals surface area contributed by atoms with Gasteiger partial charge in [0.2, 0.25) is 0 Å². The average molecular weight is 366 g/mol. The Hall–Kier alpha value is -2.48. The molecule has 6 nitrogen and oxygen atoms in total. The molecule has 1 aromatic carbocycles. The van der Waals surface area contributed by atoms with Crippen LogP contribution in [0.3, 0.4) is 0 Å². The van der Waals surface area contributed by atoms with E-state index in [1.165, 1.54) is 6.07 Å². The van der Waals surface area contributed by atoms with Crippen LogP contribution in [0, 0.1) is 11.6 Å². The number of urea groups is 1. The summed E-state index contributed by atoms with van der Waals surface area (Å²) in [5.74, 6) is -1.12. The topological polar surface area (TPSA) is 59.4 Å². The van der Waals surface area contributed by atoms with Crippen LogP contribution in [0.2, 0.25) is 0 Å². The van der Waals surface area contributed by atoms with Gasteiger partial charge in [0, 0.05) is 38.6 Å². The maximum atomic E-state index is 13.4. The second-order valence-corrected chi connectivity index (χ2v) is 6.24. The predicted octanol–water partition coefficient (Wildman–Crippen LogP) is 2.78. The van der Waals surface area contributed by atoms with Gasteiger partial charge in [0.15, 0.2) is 11.6 Å². The monoisotopic (exact) mass is 366 g/mol. The number of methoxy groups -OCH3 is 1. The lowest BCUT2D eigenvalue weighted by atomic mass is 10.2. The molecule has 0 aliphatic carbocycles. The minimum Gasteiger partial charge on any atom is -0.383 e. The molecule has 0 radical (unpaired) electrons. The maximum Gasteiger partial charge on any atom is 0.318 e. The van der Waals surface area contributed by atoms with Crippen molar-refractivity contribution in [3.8, 4) is 0 Å². The molecule has 0 atom stereocenters. The van der Waals surface area contributed by atoms with Gasteiger partial charge in [0.05, 0.1) is 13.2 Å². The van der Waals surface area contributed by atoms with Gasteiger partial charge in [-0.3, -0.25) is 0 Å². The highest BCUT2D eigenvalue weighted by Gasteiger charge is 2.17. The zero-order valence-corrected chi connectivity index (χ0v) is 15.2. The molecule has 2 aromatic rings. The van der Waals surface area contributed by atoms with E-state index in [0.29, 0.717) is 31.1 Å². The van der Waals surface area contributed by atoms with E-state index in [-0.39, 0.29) is 18.6 Å². The molecular weight excluding hydrogens is 342 g/mol. The zero-order valence-electron chi connectivity index (χ0n) is 15.2. The van der Waals surface area contributed by atoms with Crippen LogP contribution in [0.15, 0.2) is 30.6 Å². The molecule has 0 unspecified atom stereocenters. The van der Waals surface area contributed by atoms with E-state index >= 15 is 0 Å². The molecule has 0 saturated heterocycles. The van der Waals surface area contributed by atoms with Crippen LogP contribution in [-0.4, -0.2) is 46.8 Å². The second kappa shape index (κ2) is 9.28. The smallest absolute Gasteiger partial charge is 0.318 e. The number of nitrogens with zero attached hydrogens (tertiary/aromatic N) is 3. The van der Waals surface area contributed by atoms with E-state index in [1.807, 2.05) is 13.8 Å². The summed E-state index contributed by atoms with van der Waals surface area (Å²) >= 11 is 0. The highest BCUT2D eigenvalue weighted by molar-refractivity contribution is 5.74. The van der Waals surface area contributed by atoms with Gasteiger partial charge in [-0.25, -0.2) is 18.6 Å². The van der Waals surface area contributed by atoms with Gasteiger partial charge in [-0.05, 0) is 31.5 Å². The van der Waals surface area contributed by atoms with Crippen molar-refractivity contribution in [2.45, 2.75) is 33.0 Å². The molecule has 0 saturated carbocycles. The minimum atomic E-state index is -0.887. The van der Waals surface area contributed by atoms with E-state index in [0.717, 1.165) is 12.1 Å². The number of halogens is 2. The van der Waals surface area contributed by atoms with Crippen LogP contribution in [0.4, 0.5) is 13.6 Å². The fraction of sp³-hybridized carbons (Fsp3) is 0.444. The number of aromatic nitrogens is 2. The van der Waals surface area contributed by atoms with E-state index in [4.69, 9.17) is 4.74 Å². The van der Waals surface area contributed by atoms with Crippen molar-refractivity contribution in [1.29, 1.82) is 0 Å². The van der Waals surface area contributed by atoms with Crippen molar-refractivity contribution in [2.75, 3.05) is 20.3 Å². The van der Waals surface area contributed by atoms with Gasteiger partial charge in [-0.2, -0.15) is 0 Å². The number of carbonyl (C=O) groups is 1. The van der Waals surface area contributed by atoms with Crippen LogP contribution in [0.5, 0.6) is 0 Å². The van der Waals surface area contributed by atoms with Crippen LogP contribution in [0.1, 0.15) is 25.2 Å². The largest absolute Gasteiger partial charge is 0.383 e. The quantitative estimate of drug-likeness (QED) is 0.782. The number of hydrogen-bond donors (Lipinski definition) is 1. The Labute approximate surface area is 151 Å². The molecular formula is C18H24F2N4O2. The number of rotatable bonds is 8. The first-order valence-corrected chi connectivity index (χ1v) is 8.39. The summed E-state index contributed by atoms with van der Waals surface area (Å²) in [4.78, 5) is 18.3. The third kappa shape index (κ3) is 5.52. The standard InChI is InChI=1S/C18H24F2N4O2/c1-13(2)22-18(25)24(8-9-26-3)12-17-21-6-7-23(17)11-14-4-5-15(19)16(20)10-14/h4-7,10,13H,8-9,11-12H2,1-3H3,(H,22,25). The maximum absolute atomic E-state index is 13.4. The van der Waals surface area contributed by atoms with Gasteiger partial charge < -0.3 is 19.5 Å². The van der Waals surface area contributed by atoms with Crippen molar-refractivity contribution in [3.63, 3.8) is 0 Å². The first-order chi connectivity index (χ1) is 12.4. The summed E-state index contributed by atoms with van der Waals surface area (Å²) in [6.45, 7) is 5.18. The number of ether oxygens (including phenoxy) is 1. The fourth-order valence-electron chi connectivity index (χ4n) is 2.43. The summed E-state index contributed by atoms with van der Waals surface area (Å²) < 4.78 is 33.4. The van der Waals surface area contributed by atoms with Crippen LogP contribution in [-0.2, 0) is 17.8 Å². The van der Waals surface area contributed by atoms with Crippen molar-refractivity contribution in [3.05, 3.63) is 53.6 Å². The SMILES string of the molecule is COCCN(Cc1nccn1Cc1ccc(F)c(F)c1)C(=O)NC(C)C. The third-order valence-electron chi connectivity index (χ3n) is 3.74. The summed E-state index contributed by atoms with van der Waals surface area (Å²) in [6.07, 6.45) is 3.36. The number of hydrogen-bond acceptors (Lipinski definition) is 3. The highest BCUT2D eigenvalue weighted by atomic mass is 19.2. The second-order valence-electron chi connectivity index (χ2n) is 6.24. The van der Waals surface area contributed by atoms with Gasteiger partial charge in [-0.1, -0.05) is 6.07 Å². The minimum absolute atomic E-state index is 0.00878. The molecule has 0 fully saturated rings. The molecule has 26 heavy (non-hydrogen) atoms. The lowest BCUT2D eigenvalue weighted by Crippen LogP contribution is -2.44. The molecule has 0 spiro atoms. The number of nitrogens with one attached hydrogen (secondary N) is 1. The van der Waals surface area contributed by atoms with E-state index in [9.17, 15) is 13.6 Å². The Morgan fingerprint density at radius 3 is 2.77 bits per heavy atom. The van der Waals surface area contributed by atoms with Crippen molar-refractivity contribution in [2.24, 2.45) is 0 Å². The molecule has 0 bridgehead atoms. The molecule has 0 aliphatic heterocycles. The van der Waals surface area contributed by atoms with Crippen molar-refractivity contribution >= 4 is 6.03 Å². The van der Waals surface area contributed by atoms with Gasteiger partial charge in [0.25, 0.3) is 0 Å². The number of carbonyl (C=O) groups excluding carboxylic acids is 1. The molecule has 2 amide bonds. The molecule has 142 valence electrons. The van der Waals surface area contributed by atoms with Crippen LogP contribution in [0.25, 0.3) is 0 Å². The van der Waals surface area contributed by atoms with Crippen molar-refractivity contribution < 1.29 is 18.3 Å². The first kappa shape index (κ1) is 19.8.